The summed E-state index contributed by atoms with van der Waals surface area (Å²) in [5.74, 6) is -1.78. The molecular formula is C13H18F2O3. The van der Waals surface area contributed by atoms with Crippen molar-refractivity contribution >= 4 is 0 Å². The largest absolute Gasteiger partial charge is 0.393 e. The summed E-state index contributed by atoms with van der Waals surface area (Å²) in [6, 6.07) is 3.95. The molecule has 0 aliphatic carbocycles. The number of halogens is 2. The summed E-state index contributed by atoms with van der Waals surface area (Å²) >= 11 is 0. The number of hydrogen-bond donors (Lipinski definition) is 1. The van der Waals surface area contributed by atoms with Gasteiger partial charge in [-0.25, -0.2) is 8.78 Å². The van der Waals surface area contributed by atoms with E-state index in [9.17, 15) is 13.9 Å². The van der Waals surface area contributed by atoms with Gasteiger partial charge in [-0.2, -0.15) is 0 Å². The Kier molecular flexibility index (Phi) is 6.78. The van der Waals surface area contributed by atoms with Gasteiger partial charge in [-0.3, -0.25) is 0 Å². The molecule has 5 heteroatoms. The molecule has 0 aromatic heterocycles. The van der Waals surface area contributed by atoms with Crippen molar-refractivity contribution in [2.24, 2.45) is 0 Å². The van der Waals surface area contributed by atoms with Gasteiger partial charge in [-0.1, -0.05) is 12.1 Å². The number of aliphatic hydroxyl groups is 1. The maximum atomic E-state index is 13.3. The lowest BCUT2D eigenvalue weighted by Gasteiger charge is -2.11. The Hall–Kier alpha value is -1.04. The van der Waals surface area contributed by atoms with Crippen molar-refractivity contribution in [1.82, 2.24) is 0 Å². The average Bonchev–Trinajstić information content (AvgIpc) is 2.35. The molecule has 1 unspecified atom stereocenters. The van der Waals surface area contributed by atoms with Gasteiger partial charge in [-0.05, 0) is 18.1 Å². The predicted octanol–water partition coefficient (Wildman–Crippen LogP) is 1.92. The van der Waals surface area contributed by atoms with Gasteiger partial charge in [0, 0.05) is 20.1 Å². The third kappa shape index (κ3) is 5.08. The quantitative estimate of drug-likeness (QED) is 0.726. The molecular weight excluding hydrogens is 242 g/mol. The lowest BCUT2D eigenvalue weighted by atomic mass is 10.1. The first-order valence-electron chi connectivity index (χ1n) is 5.82. The first kappa shape index (κ1) is 15.0. The van der Waals surface area contributed by atoms with Crippen molar-refractivity contribution < 1.29 is 23.4 Å². The van der Waals surface area contributed by atoms with Crippen LogP contribution in [0.5, 0.6) is 0 Å². The van der Waals surface area contributed by atoms with E-state index in [1.807, 2.05) is 0 Å². The van der Waals surface area contributed by atoms with E-state index in [4.69, 9.17) is 9.47 Å². The van der Waals surface area contributed by atoms with E-state index in [0.717, 1.165) is 6.07 Å². The minimum absolute atomic E-state index is 0.0806. The van der Waals surface area contributed by atoms with Gasteiger partial charge in [0.15, 0.2) is 11.6 Å². The molecule has 1 N–H and O–H groups in total. The zero-order chi connectivity index (χ0) is 13.4. The molecule has 0 spiro atoms. The minimum Gasteiger partial charge on any atom is -0.393 e. The molecule has 1 aromatic carbocycles. The van der Waals surface area contributed by atoms with Crippen LogP contribution < -0.4 is 0 Å². The fraction of sp³-hybridized carbons (Fsp3) is 0.538. The summed E-state index contributed by atoms with van der Waals surface area (Å²) in [5, 5.41) is 9.67. The number of hydrogen-bond acceptors (Lipinski definition) is 3. The van der Waals surface area contributed by atoms with Crippen LogP contribution in [-0.2, 0) is 15.9 Å². The van der Waals surface area contributed by atoms with Gasteiger partial charge in [0.1, 0.15) is 0 Å². The van der Waals surface area contributed by atoms with Crippen LogP contribution in [0.1, 0.15) is 12.0 Å². The van der Waals surface area contributed by atoms with E-state index >= 15 is 0 Å². The SMILES string of the molecule is COCCOCCC(O)Cc1cccc(F)c1F. The molecule has 0 aliphatic heterocycles. The van der Waals surface area contributed by atoms with Crippen molar-refractivity contribution in [2.75, 3.05) is 26.9 Å². The Labute approximate surface area is 105 Å². The first-order valence-corrected chi connectivity index (χ1v) is 5.82. The van der Waals surface area contributed by atoms with E-state index in [1.165, 1.54) is 12.1 Å². The molecule has 0 heterocycles. The van der Waals surface area contributed by atoms with Crippen molar-refractivity contribution in [1.29, 1.82) is 0 Å². The molecule has 1 rings (SSSR count). The van der Waals surface area contributed by atoms with Gasteiger partial charge < -0.3 is 14.6 Å². The van der Waals surface area contributed by atoms with Crippen LogP contribution in [-0.4, -0.2) is 38.1 Å². The van der Waals surface area contributed by atoms with Gasteiger partial charge in [0.2, 0.25) is 0 Å². The molecule has 0 bridgehead atoms. The van der Waals surface area contributed by atoms with Crippen LogP contribution in [0, 0.1) is 11.6 Å². The Balaban J connectivity index is 2.31. The topological polar surface area (TPSA) is 38.7 Å². The minimum atomic E-state index is -0.893. The maximum Gasteiger partial charge on any atom is 0.162 e. The second kappa shape index (κ2) is 8.13. The fourth-order valence-electron chi connectivity index (χ4n) is 1.53. The Bertz CT molecular complexity index is 358. The van der Waals surface area contributed by atoms with E-state index in [2.05, 4.69) is 0 Å². The highest BCUT2D eigenvalue weighted by Crippen LogP contribution is 2.14. The highest BCUT2D eigenvalue weighted by Gasteiger charge is 2.12. The van der Waals surface area contributed by atoms with Crippen molar-refractivity contribution in [3.05, 3.63) is 35.4 Å². The summed E-state index contributed by atoms with van der Waals surface area (Å²) in [7, 11) is 1.57. The van der Waals surface area contributed by atoms with E-state index < -0.39 is 17.7 Å². The summed E-state index contributed by atoms with van der Waals surface area (Å²) in [6.07, 6.45) is -0.291. The first-order chi connectivity index (χ1) is 8.65. The van der Waals surface area contributed by atoms with E-state index in [1.54, 1.807) is 7.11 Å². The monoisotopic (exact) mass is 260 g/mol. The summed E-state index contributed by atoms with van der Waals surface area (Å²) < 4.78 is 36.2. The Morgan fingerprint density at radius 3 is 2.72 bits per heavy atom. The number of rotatable bonds is 8. The third-order valence-corrected chi connectivity index (χ3v) is 2.51. The van der Waals surface area contributed by atoms with Crippen LogP contribution in [0.4, 0.5) is 8.78 Å². The molecule has 0 fully saturated rings. The summed E-state index contributed by atoms with van der Waals surface area (Å²) in [4.78, 5) is 0. The van der Waals surface area contributed by atoms with Crippen molar-refractivity contribution in [2.45, 2.75) is 18.9 Å². The van der Waals surface area contributed by atoms with Crippen LogP contribution >= 0.6 is 0 Å². The maximum absolute atomic E-state index is 13.3. The molecule has 0 amide bonds. The van der Waals surface area contributed by atoms with Crippen molar-refractivity contribution in [3.63, 3.8) is 0 Å². The molecule has 18 heavy (non-hydrogen) atoms. The molecule has 102 valence electrons. The zero-order valence-corrected chi connectivity index (χ0v) is 10.4. The second-order valence-electron chi connectivity index (χ2n) is 3.96. The van der Waals surface area contributed by atoms with Crippen LogP contribution in [0.3, 0.4) is 0 Å². The highest BCUT2D eigenvalue weighted by atomic mass is 19.2. The predicted molar refractivity (Wildman–Crippen MR) is 63.4 cm³/mol. The molecule has 0 radical (unpaired) electrons. The third-order valence-electron chi connectivity index (χ3n) is 2.51. The lowest BCUT2D eigenvalue weighted by Crippen LogP contribution is -2.15. The van der Waals surface area contributed by atoms with E-state index in [0.29, 0.717) is 26.2 Å². The Morgan fingerprint density at radius 2 is 2.00 bits per heavy atom. The van der Waals surface area contributed by atoms with Crippen LogP contribution in [0.25, 0.3) is 0 Å². The molecule has 1 atom stereocenters. The van der Waals surface area contributed by atoms with Gasteiger partial charge >= 0.3 is 0 Å². The number of benzene rings is 1. The second-order valence-corrected chi connectivity index (χ2v) is 3.96. The van der Waals surface area contributed by atoms with E-state index in [-0.39, 0.29) is 12.0 Å². The van der Waals surface area contributed by atoms with Gasteiger partial charge in [0.05, 0.1) is 19.3 Å². The smallest absolute Gasteiger partial charge is 0.162 e. The molecule has 3 nitrogen and oxygen atoms in total. The fourth-order valence-corrected chi connectivity index (χ4v) is 1.53. The normalized spacial score (nSPS) is 12.7. The highest BCUT2D eigenvalue weighted by molar-refractivity contribution is 5.19. The Morgan fingerprint density at radius 1 is 1.22 bits per heavy atom. The summed E-state index contributed by atoms with van der Waals surface area (Å²) in [6.45, 7) is 1.31. The standard InChI is InChI=1S/C13H18F2O3/c1-17-7-8-18-6-5-11(16)9-10-3-2-4-12(14)13(10)15/h2-4,11,16H,5-9H2,1H3. The lowest BCUT2D eigenvalue weighted by molar-refractivity contribution is 0.0477. The molecule has 1 aromatic rings. The van der Waals surface area contributed by atoms with Gasteiger partial charge in [-0.15, -0.1) is 0 Å². The molecule has 0 saturated carbocycles. The number of aliphatic hydroxyl groups excluding tert-OH is 1. The van der Waals surface area contributed by atoms with Crippen LogP contribution in [0.2, 0.25) is 0 Å². The average molecular weight is 260 g/mol. The van der Waals surface area contributed by atoms with Crippen LogP contribution in [0.15, 0.2) is 18.2 Å². The zero-order valence-electron chi connectivity index (χ0n) is 10.4. The molecule has 0 aliphatic rings. The summed E-state index contributed by atoms with van der Waals surface area (Å²) in [5.41, 5.74) is 0.180. The van der Waals surface area contributed by atoms with Crippen molar-refractivity contribution in [3.8, 4) is 0 Å². The number of methoxy groups -OCH3 is 1. The number of ether oxygens (including phenoxy) is 2. The van der Waals surface area contributed by atoms with Gasteiger partial charge in [0.25, 0.3) is 0 Å². The molecule has 0 saturated heterocycles.